The number of hydrogen-bond donors (Lipinski definition) is 0. The van der Waals surface area contributed by atoms with E-state index in [0.717, 1.165) is 31.6 Å². The molecule has 0 aromatic carbocycles. The van der Waals surface area contributed by atoms with Gasteiger partial charge in [0.2, 0.25) is 11.6 Å². The highest BCUT2D eigenvalue weighted by Gasteiger charge is 2.24. The number of fused-ring (bicyclic) bond motifs is 2. The molecule has 0 aliphatic carbocycles. The molecule has 0 aliphatic rings. The van der Waals surface area contributed by atoms with Gasteiger partial charge >= 0.3 is 0 Å². The van der Waals surface area contributed by atoms with Crippen LogP contribution in [0.3, 0.4) is 0 Å². The van der Waals surface area contributed by atoms with Gasteiger partial charge in [0.1, 0.15) is 0 Å². The van der Waals surface area contributed by atoms with Crippen molar-refractivity contribution in [3.05, 3.63) is 43.8 Å². The van der Waals surface area contributed by atoms with Crippen LogP contribution in [0.4, 0.5) is 0 Å². The highest BCUT2D eigenvalue weighted by Crippen LogP contribution is 2.37. The van der Waals surface area contributed by atoms with Crippen LogP contribution in [0.5, 0.6) is 0 Å². The zero-order valence-electron chi connectivity index (χ0n) is 21.7. The monoisotopic (exact) mass is 558 g/mol. The normalized spacial score (nSPS) is 11.7. The van der Waals surface area contributed by atoms with Crippen LogP contribution in [0.1, 0.15) is 120 Å². The Kier molecular flexibility index (Phi) is 10.8. The lowest BCUT2D eigenvalue weighted by Crippen LogP contribution is -2.11. The predicted molar refractivity (Wildman–Crippen MR) is 162 cm³/mol. The molecular weight excluding hydrogens is 521 g/mol. The van der Waals surface area contributed by atoms with Gasteiger partial charge in [-0.2, -0.15) is 0 Å². The van der Waals surface area contributed by atoms with Gasteiger partial charge in [-0.3, -0.25) is 9.59 Å². The zero-order valence-corrected chi connectivity index (χ0v) is 24.9. The van der Waals surface area contributed by atoms with Crippen molar-refractivity contribution in [1.82, 2.24) is 0 Å². The van der Waals surface area contributed by atoms with E-state index >= 15 is 0 Å². The maximum Gasteiger partial charge on any atom is 0.244 e. The van der Waals surface area contributed by atoms with Gasteiger partial charge in [-0.1, -0.05) is 78.1 Å². The number of aryl methyl sites for hydroxylation is 2. The Bertz CT molecular complexity index is 1110. The minimum absolute atomic E-state index is 0.359. The number of carbonyl (C=O) groups is 2. The molecule has 36 heavy (non-hydrogen) atoms. The third-order valence-corrected chi connectivity index (χ3v) is 11.4. The van der Waals surface area contributed by atoms with Gasteiger partial charge in [-0.25, -0.2) is 0 Å². The first-order valence-electron chi connectivity index (χ1n) is 13.7. The maximum atomic E-state index is 13.0. The van der Waals surface area contributed by atoms with E-state index < -0.39 is 0 Å². The van der Waals surface area contributed by atoms with E-state index in [1.54, 1.807) is 22.7 Å². The van der Waals surface area contributed by atoms with E-state index in [1.165, 1.54) is 109 Å². The smallest absolute Gasteiger partial charge is 0.244 e. The quantitative estimate of drug-likeness (QED) is 0.0733. The summed E-state index contributed by atoms with van der Waals surface area (Å²) in [7, 11) is 0. The Balaban J connectivity index is 1.29. The van der Waals surface area contributed by atoms with Crippen LogP contribution in [0, 0.1) is 0 Å². The Morgan fingerprint density at radius 1 is 0.500 bits per heavy atom. The fourth-order valence-electron chi connectivity index (χ4n) is 4.62. The maximum absolute atomic E-state index is 13.0. The summed E-state index contributed by atoms with van der Waals surface area (Å²) in [6.07, 6.45) is 17.9. The molecule has 0 radical (unpaired) electrons. The molecular formula is C30H38O2S4. The molecule has 4 aromatic rings. The molecule has 0 spiro atoms. The van der Waals surface area contributed by atoms with Crippen LogP contribution in [-0.4, -0.2) is 11.6 Å². The summed E-state index contributed by atoms with van der Waals surface area (Å²) in [4.78, 5) is 29.9. The van der Waals surface area contributed by atoms with Gasteiger partial charge in [0, 0.05) is 28.6 Å². The zero-order chi connectivity index (χ0) is 25.3. The molecule has 0 fully saturated rings. The highest BCUT2D eigenvalue weighted by atomic mass is 32.1. The molecule has 4 aromatic heterocycles. The van der Waals surface area contributed by atoms with Crippen LogP contribution in [0.25, 0.3) is 18.8 Å². The molecule has 0 aliphatic heterocycles. The van der Waals surface area contributed by atoms with Crippen LogP contribution in [-0.2, 0) is 12.8 Å². The second-order valence-corrected chi connectivity index (χ2v) is 14.3. The van der Waals surface area contributed by atoms with Gasteiger partial charge in [0.15, 0.2) is 0 Å². The fraction of sp³-hybridized carbons (Fsp3) is 0.533. The average molecular weight is 559 g/mol. The molecule has 0 saturated carbocycles. The van der Waals surface area contributed by atoms with Gasteiger partial charge in [-0.05, 0) is 49.9 Å². The molecule has 0 saturated heterocycles. The van der Waals surface area contributed by atoms with Crippen molar-refractivity contribution < 1.29 is 9.59 Å². The number of hydrogen-bond acceptors (Lipinski definition) is 6. The summed E-state index contributed by atoms with van der Waals surface area (Å²) in [6.45, 7) is 4.50. The van der Waals surface area contributed by atoms with Crippen LogP contribution in [0.15, 0.2) is 24.3 Å². The third-order valence-electron chi connectivity index (χ3n) is 6.72. The summed E-state index contributed by atoms with van der Waals surface area (Å²) < 4.78 is 4.57. The van der Waals surface area contributed by atoms with Gasteiger partial charge < -0.3 is 0 Å². The standard InChI is InChI=1S/C30H38O2S4/c1-3-5-7-9-11-13-15-21-17-23-25(33-21)19-27(35-23)29(31)30(32)28-20-26-24(36-28)18-22(34-26)16-14-12-10-8-6-4-2/h17-20H,3-16H2,1-2H3. The molecule has 0 N–H and O–H groups in total. The van der Waals surface area contributed by atoms with Gasteiger partial charge in [0.25, 0.3) is 0 Å². The number of rotatable bonds is 17. The van der Waals surface area contributed by atoms with Crippen molar-refractivity contribution in [2.45, 2.75) is 104 Å². The predicted octanol–water partition coefficient (Wildman–Crippen LogP) is 11.1. The molecule has 6 heteroatoms. The number of thiophene rings is 4. The lowest BCUT2D eigenvalue weighted by atomic mass is 10.1. The van der Waals surface area contributed by atoms with E-state index in [4.69, 9.17) is 0 Å². The molecule has 0 amide bonds. The van der Waals surface area contributed by atoms with E-state index in [0.29, 0.717) is 9.75 Å². The first-order valence-corrected chi connectivity index (χ1v) is 17.0. The Labute approximate surface area is 231 Å². The van der Waals surface area contributed by atoms with Crippen LogP contribution < -0.4 is 0 Å². The summed E-state index contributed by atoms with van der Waals surface area (Å²) in [5.41, 5.74) is 0. The fourth-order valence-corrected chi connectivity index (χ4v) is 9.43. The van der Waals surface area contributed by atoms with E-state index in [2.05, 4.69) is 26.0 Å². The van der Waals surface area contributed by atoms with Gasteiger partial charge in [0.05, 0.1) is 9.75 Å². The molecule has 0 bridgehead atoms. The number of ketones is 2. The van der Waals surface area contributed by atoms with Gasteiger partial charge in [-0.15, -0.1) is 45.3 Å². The summed E-state index contributed by atoms with van der Waals surface area (Å²) in [6, 6.07) is 8.32. The van der Waals surface area contributed by atoms with Crippen LogP contribution in [0.2, 0.25) is 0 Å². The average Bonchev–Trinajstić information content (AvgIpc) is 3.62. The molecule has 194 valence electrons. The van der Waals surface area contributed by atoms with E-state index in [1.807, 2.05) is 12.1 Å². The largest absolute Gasteiger partial charge is 0.284 e. The minimum Gasteiger partial charge on any atom is -0.284 e. The Morgan fingerprint density at radius 3 is 1.25 bits per heavy atom. The molecule has 0 unspecified atom stereocenters. The Hall–Kier alpha value is -1.34. The van der Waals surface area contributed by atoms with Crippen molar-refractivity contribution in [3.63, 3.8) is 0 Å². The molecule has 4 rings (SSSR count). The SMILES string of the molecule is CCCCCCCCc1cc2sc(C(=O)C(=O)c3cc4sc(CCCCCCCC)cc4s3)cc2s1. The van der Waals surface area contributed by atoms with E-state index in [-0.39, 0.29) is 11.6 Å². The summed E-state index contributed by atoms with van der Waals surface area (Å²) in [5.74, 6) is -0.718. The minimum atomic E-state index is -0.359. The lowest BCUT2D eigenvalue weighted by molar-refractivity contribution is 0.0822. The molecule has 0 atom stereocenters. The topological polar surface area (TPSA) is 34.1 Å². The molecule has 4 heterocycles. The number of Topliss-reactive ketones (excluding diaryl/α,β-unsaturated/α-hetero) is 2. The van der Waals surface area contributed by atoms with Crippen molar-refractivity contribution in [1.29, 1.82) is 0 Å². The third kappa shape index (κ3) is 7.37. The summed E-state index contributed by atoms with van der Waals surface area (Å²) >= 11 is 6.51. The second kappa shape index (κ2) is 14.0. The first-order chi connectivity index (χ1) is 17.6. The van der Waals surface area contributed by atoms with Crippen molar-refractivity contribution in [2.24, 2.45) is 0 Å². The molecule has 2 nitrogen and oxygen atoms in total. The number of carbonyl (C=O) groups excluding carboxylic acids is 2. The van der Waals surface area contributed by atoms with Crippen LogP contribution >= 0.6 is 45.3 Å². The lowest BCUT2D eigenvalue weighted by Gasteiger charge is -1.99. The number of unbranched alkanes of at least 4 members (excludes halogenated alkanes) is 10. The van der Waals surface area contributed by atoms with Crippen molar-refractivity contribution >= 4 is 75.7 Å². The van der Waals surface area contributed by atoms with Crippen molar-refractivity contribution in [2.75, 3.05) is 0 Å². The first kappa shape index (κ1) is 27.7. The van der Waals surface area contributed by atoms with E-state index in [9.17, 15) is 9.59 Å². The second-order valence-electron chi connectivity index (χ2n) is 9.80. The summed E-state index contributed by atoms with van der Waals surface area (Å²) in [5, 5.41) is 0. The van der Waals surface area contributed by atoms with Crippen molar-refractivity contribution in [3.8, 4) is 0 Å². The Morgan fingerprint density at radius 2 is 0.861 bits per heavy atom. The highest BCUT2D eigenvalue weighted by molar-refractivity contribution is 7.30.